The molecule has 15 heavy (non-hydrogen) atoms. The van der Waals surface area contributed by atoms with Crippen LogP contribution in [-0.2, 0) is 0 Å². The lowest BCUT2D eigenvalue weighted by atomic mass is 9.95. The van der Waals surface area contributed by atoms with Gasteiger partial charge in [0.15, 0.2) is 5.78 Å². The van der Waals surface area contributed by atoms with Crippen LogP contribution in [0.3, 0.4) is 0 Å². The molecule has 1 N–H and O–H groups in total. The Balaban J connectivity index is 2.37. The summed E-state index contributed by atoms with van der Waals surface area (Å²) in [4.78, 5) is 11.8. The Morgan fingerprint density at radius 1 is 1.40 bits per heavy atom. The van der Waals surface area contributed by atoms with Gasteiger partial charge in [-0.1, -0.05) is 0 Å². The maximum absolute atomic E-state index is 13.2. The van der Waals surface area contributed by atoms with E-state index in [1.54, 1.807) is 0 Å². The van der Waals surface area contributed by atoms with Gasteiger partial charge >= 0.3 is 0 Å². The number of aliphatic hydroxyl groups is 1. The predicted octanol–water partition coefficient (Wildman–Crippen LogP) is 1.92. The van der Waals surface area contributed by atoms with Gasteiger partial charge in [-0.15, -0.1) is 0 Å². The Morgan fingerprint density at radius 2 is 2.07 bits per heavy atom. The third kappa shape index (κ3) is 1.65. The molecule has 1 aromatic rings. The van der Waals surface area contributed by atoms with Gasteiger partial charge in [-0.05, 0) is 31.0 Å². The SMILES string of the molecule is O=C(c1cc(F)ccc1F)C1(CO)CC1. The van der Waals surface area contributed by atoms with Crippen LogP contribution >= 0.6 is 0 Å². The third-order valence-corrected chi connectivity index (χ3v) is 2.81. The zero-order chi connectivity index (χ0) is 11.1. The van der Waals surface area contributed by atoms with Crippen molar-refractivity contribution in [3.05, 3.63) is 35.4 Å². The Morgan fingerprint density at radius 3 is 2.60 bits per heavy atom. The lowest BCUT2D eigenvalue weighted by Gasteiger charge is -2.10. The van der Waals surface area contributed by atoms with Crippen molar-refractivity contribution in [2.24, 2.45) is 5.41 Å². The molecule has 4 heteroatoms. The first kappa shape index (κ1) is 10.2. The van der Waals surface area contributed by atoms with E-state index in [-0.39, 0.29) is 12.2 Å². The number of rotatable bonds is 3. The number of hydrogen-bond donors (Lipinski definition) is 1. The van der Waals surface area contributed by atoms with Crippen LogP contribution in [-0.4, -0.2) is 17.5 Å². The fraction of sp³-hybridized carbons (Fsp3) is 0.364. The first-order valence-corrected chi connectivity index (χ1v) is 4.70. The molecule has 0 radical (unpaired) electrons. The predicted molar refractivity (Wildman–Crippen MR) is 49.4 cm³/mol. The molecule has 0 aromatic heterocycles. The second-order valence-corrected chi connectivity index (χ2v) is 3.89. The van der Waals surface area contributed by atoms with Gasteiger partial charge in [-0.3, -0.25) is 4.79 Å². The molecule has 0 bridgehead atoms. The van der Waals surface area contributed by atoms with Gasteiger partial charge in [-0.25, -0.2) is 8.78 Å². The lowest BCUT2D eigenvalue weighted by Crippen LogP contribution is -2.21. The van der Waals surface area contributed by atoms with E-state index in [4.69, 9.17) is 5.11 Å². The van der Waals surface area contributed by atoms with E-state index < -0.39 is 22.8 Å². The fourth-order valence-corrected chi connectivity index (χ4v) is 1.57. The zero-order valence-corrected chi connectivity index (χ0v) is 7.96. The molecular weight excluding hydrogens is 202 g/mol. The maximum Gasteiger partial charge on any atom is 0.174 e. The number of hydrogen-bond acceptors (Lipinski definition) is 2. The highest BCUT2D eigenvalue weighted by atomic mass is 19.1. The highest BCUT2D eigenvalue weighted by molar-refractivity contribution is 6.02. The molecule has 1 saturated carbocycles. The molecule has 0 heterocycles. The normalized spacial score (nSPS) is 17.5. The molecule has 0 amide bonds. The van der Waals surface area contributed by atoms with Crippen molar-refractivity contribution in [3.63, 3.8) is 0 Å². The first-order valence-electron chi connectivity index (χ1n) is 4.70. The van der Waals surface area contributed by atoms with E-state index in [1.165, 1.54) is 0 Å². The van der Waals surface area contributed by atoms with Crippen LogP contribution in [0.15, 0.2) is 18.2 Å². The van der Waals surface area contributed by atoms with E-state index in [9.17, 15) is 13.6 Å². The summed E-state index contributed by atoms with van der Waals surface area (Å²) in [7, 11) is 0. The van der Waals surface area contributed by atoms with Crippen molar-refractivity contribution >= 4 is 5.78 Å². The van der Waals surface area contributed by atoms with E-state index in [0.29, 0.717) is 12.8 Å². The van der Waals surface area contributed by atoms with Crippen LogP contribution < -0.4 is 0 Å². The van der Waals surface area contributed by atoms with Crippen molar-refractivity contribution < 1.29 is 18.7 Å². The molecule has 2 rings (SSSR count). The quantitative estimate of drug-likeness (QED) is 0.777. The van der Waals surface area contributed by atoms with E-state index >= 15 is 0 Å². The number of ketones is 1. The molecule has 0 spiro atoms. The van der Waals surface area contributed by atoms with Crippen molar-refractivity contribution in [3.8, 4) is 0 Å². The highest BCUT2D eigenvalue weighted by Gasteiger charge is 2.50. The molecule has 1 aliphatic carbocycles. The van der Waals surface area contributed by atoms with Crippen LogP contribution in [0.2, 0.25) is 0 Å². The topological polar surface area (TPSA) is 37.3 Å². The van der Waals surface area contributed by atoms with Gasteiger partial charge in [0.2, 0.25) is 0 Å². The second kappa shape index (κ2) is 3.38. The molecular formula is C11H10F2O2. The van der Waals surface area contributed by atoms with E-state index in [2.05, 4.69) is 0 Å². The summed E-state index contributed by atoms with van der Waals surface area (Å²) in [6, 6.07) is 2.77. The summed E-state index contributed by atoms with van der Waals surface area (Å²) < 4.78 is 26.1. The Hall–Kier alpha value is -1.29. The Labute approximate surface area is 85.5 Å². The number of Topliss-reactive ketones (excluding diaryl/α,β-unsaturated/α-hetero) is 1. The van der Waals surface area contributed by atoms with Crippen molar-refractivity contribution in [2.75, 3.05) is 6.61 Å². The van der Waals surface area contributed by atoms with Crippen molar-refractivity contribution in [1.82, 2.24) is 0 Å². The molecule has 0 aliphatic heterocycles. The van der Waals surface area contributed by atoms with Crippen molar-refractivity contribution in [2.45, 2.75) is 12.8 Å². The zero-order valence-electron chi connectivity index (χ0n) is 7.96. The summed E-state index contributed by atoms with van der Waals surface area (Å²) in [6.07, 6.45) is 1.08. The van der Waals surface area contributed by atoms with Crippen LogP contribution in [0.1, 0.15) is 23.2 Å². The van der Waals surface area contributed by atoms with E-state index in [0.717, 1.165) is 18.2 Å². The number of halogens is 2. The summed E-state index contributed by atoms with van der Waals surface area (Å²) in [5.41, 5.74) is -1.11. The van der Waals surface area contributed by atoms with Gasteiger partial charge in [0.25, 0.3) is 0 Å². The molecule has 0 unspecified atom stereocenters. The van der Waals surface area contributed by atoms with Gasteiger partial charge in [-0.2, -0.15) is 0 Å². The number of benzene rings is 1. The standard InChI is InChI=1S/C11H10F2O2/c12-7-1-2-9(13)8(5-7)10(15)11(6-14)3-4-11/h1-2,5,14H,3-4,6H2. The third-order valence-electron chi connectivity index (χ3n) is 2.81. The fourth-order valence-electron chi connectivity index (χ4n) is 1.57. The largest absolute Gasteiger partial charge is 0.395 e. The van der Waals surface area contributed by atoms with Crippen LogP contribution in [0, 0.1) is 17.0 Å². The highest BCUT2D eigenvalue weighted by Crippen LogP contribution is 2.47. The summed E-state index contributed by atoms with van der Waals surface area (Å²) in [5.74, 6) is -1.88. The second-order valence-electron chi connectivity index (χ2n) is 3.89. The number of aliphatic hydroxyl groups excluding tert-OH is 1. The number of carbonyl (C=O) groups is 1. The molecule has 0 saturated heterocycles. The maximum atomic E-state index is 13.2. The summed E-state index contributed by atoms with van der Waals surface area (Å²) >= 11 is 0. The first-order chi connectivity index (χ1) is 7.09. The van der Waals surface area contributed by atoms with Gasteiger partial charge in [0, 0.05) is 0 Å². The summed E-state index contributed by atoms with van der Waals surface area (Å²) in [6.45, 7) is -0.304. The lowest BCUT2D eigenvalue weighted by molar-refractivity contribution is 0.0825. The molecule has 1 aromatic carbocycles. The minimum absolute atomic E-state index is 0.262. The van der Waals surface area contributed by atoms with Crippen LogP contribution in [0.4, 0.5) is 8.78 Å². The van der Waals surface area contributed by atoms with Crippen molar-refractivity contribution in [1.29, 1.82) is 0 Å². The molecule has 1 aliphatic rings. The van der Waals surface area contributed by atoms with Gasteiger partial charge in [0.05, 0.1) is 17.6 Å². The van der Waals surface area contributed by atoms with Crippen LogP contribution in [0.5, 0.6) is 0 Å². The monoisotopic (exact) mass is 212 g/mol. The van der Waals surface area contributed by atoms with E-state index in [1.807, 2.05) is 0 Å². The Bertz CT molecular complexity index is 411. The molecule has 1 fully saturated rings. The average Bonchev–Trinajstić information content (AvgIpc) is 3.01. The molecule has 80 valence electrons. The average molecular weight is 212 g/mol. The molecule has 2 nitrogen and oxygen atoms in total. The molecule has 0 atom stereocenters. The Kier molecular flexibility index (Phi) is 2.31. The van der Waals surface area contributed by atoms with Crippen LogP contribution in [0.25, 0.3) is 0 Å². The van der Waals surface area contributed by atoms with Gasteiger partial charge < -0.3 is 5.11 Å². The minimum Gasteiger partial charge on any atom is -0.395 e. The summed E-state index contributed by atoms with van der Waals surface area (Å²) in [5, 5.41) is 9.01. The number of carbonyl (C=O) groups excluding carboxylic acids is 1. The minimum atomic E-state index is -0.853. The smallest absolute Gasteiger partial charge is 0.174 e. The van der Waals surface area contributed by atoms with Gasteiger partial charge in [0.1, 0.15) is 11.6 Å².